The summed E-state index contributed by atoms with van der Waals surface area (Å²) in [6, 6.07) is 70.4. The van der Waals surface area contributed by atoms with Gasteiger partial charge in [0.15, 0.2) is 0 Å². The smallest absolute Gasteiger partial charge is 0.241 e. The predicted molar refractivity (Wildman–Crippen MR) is 423 cm³/mol. The zero-order chi connectivity index (χ0) is 65.4. The minimum atomic E-state index is -0.111. The second-order valence-electron chi connectivity index (χ2n) is 30.1. The number of aromatic nitrogens is 4. The predicted octanol–water partition coefficient (Wildman–Crippen LogP) is 21.3. The van der Waals surface area contributed by atoms with Gasteiger partial charge in [0.2, 0.25) is 6.71 Å². The first kappa shape index (κ1) is 55.0. The Balaban J connectivity index is 0.697. The van der Waals surface area contributed by atoms with E-state index in [4.69, 9.17) is 0 Å². The Labute approximate surface area is 585 Å². The van der Waals surface area contributed by atoms with Gasteiger partial charge in [-0.3, -0.25) is 0 Å². The highest BCUT2D eigenvalue weighted by Crippen LogP contribution is 2.55. The topological polar surface area (TPSA) is 19.7 Å². The Hall–Kier alpha value is -11.9. The summed E-state index contributed by atoms with van der Waals surface area (Å²) in [7, 11) is 0. The zero-order valence-corrected chi connectivity index (χ0v) is 55.4. The maximum Gasteiger partial charge on any atom is 0.241 e. The molecule has 0 bridgehead atoms. The van der Waals surface area contributed by atoms with Crippen LogP contribution >= 0.6 is 0 Å². The standard InChI is InChI=1S/C96H65BN4/c1-5-28-83-75(24-1)79-52-81-77-26-3-7-30-85(77)100(73-46-64-40-34-58-16-10-17-59-35-41-65(47-73)95(64)92(58)59)89(81)54-87(79)98(83)71-22-12-20-68(50-71)97(70-44-62-38-32-56-14-9-15-57-33-39-63(45-70)94(62)91(56)57)69-21-13-23-72(51-69)99-84-29-6-2-25-76(84)80-53-82-78-27-4-8-31-86(78)101(90(82)55-88(80)99)74-48-66-42-36-60-18-11-19-61-37-43-67(49-74)96(66)93(60)61/h1-56,58,60,63,65,91-95H. The van der Waals surface area contributed by atoms with E-state index < -0.39 is 0 Å². The van der Waals surface area contributed by atoms with Gasteiger partial charge < -0.3 is 18.3 Å². The van der Waals surface area contributed by atoms with Crippen LogP contribution in [-0.2, 0) is 0 Å². The van der Waals surface area contributed by atoms with Crippen molar-refractivity contribution in [2.75, 3.05) is 0 Å². The molecule has 4 aromatic heterocycles. The van der Waals surface area contributed by atoms with Crippen molar-refractivity contribution in [2.45, 2.75) is 5.92 Å². The normalized spacial score (nSPS) is 24.7. The lowest BCUT2D eigenvalue weighted by Crippen LogP contribution is -2.46. The Morgan fingerprint density at radius 2 is 0.713 bits per heavy atom. The molecular formula is C96H65BN4. The molecule has 0 aliphatic heterocycles. The van der Waals surface area contributed by atoms with Crippen molar-refractivity contribution in [1.82, 2.24) is 18.3 Å². The number of hydrogen-bond donors (Lipinski definition) is 0. The van der Waals surface area contributed by atoms with E-state index in [9.17, 15) is 0 Å². The van der Waals surface area contributed by atoms with Gasteiger partial charge >= 0.3 is 0 Å². The summed E-state index contributed by atoms with van der Waals surface area (Å²) < 4.78 is 10.2. The molecule has 11 aliphatic rings. The SMILES string of the molecule is C1=CC2C=Cc3cc(-n4c5ccccc5c5cc6c7ccccc7n(-c7cccc(B(C8=CC9C=CC%10=CC=CC%11C=CC(=C8)C9C%10%11)c8cccc(-n9c%10ccccc%10c%10cc%11c%12ccccc%12n(C%12=CC%13C=CC%14=CC=CC%15C=CC(=C%12)C%13C%14%15)c%11cc%109)c8)c7)c6cc54)cc4c3C2C(=C1)C=C4. The average molecular weight is 1290 g/mol. The van der Waals surface area contributed by atoms with Gasteiger partial charge in [0, 0.05) is 125 Å². The van der Waals surface area contributed by atoms with Crippen molar-refractivity contribution in [3.63, 3.8) is 0 Å². The molecule has 4 heterocycles. The molecule has 11 aliphatic carbocycles. The monoisotopic (exact) mass is 1280 g/mol. The lowest BCUT2D eigenvalue weighted by molar-refractivity contribution is 0.323. The summed E-state index contributed by atoms with van der Waals surface area (Å²) in [4.78, 5) is 0. The molecule has 101 heavy (non-hydrogen) atoms. The molecule has 0 saturated carbocycles. The van der Waals surface area contributed by atoms with E-state index >= 15 is 0 Å². The first-order valence-electron chi connectivity index (χ1n) is 36.5. The number of allylic oxidation sites excluding steroid dienone is 30. The van der Waals surface area contributed by atoms with E-state index in [1.165, 1.54) is 160 Å². The Morgan fingerprint density at radius 1 is 0.277 bits per heavy atom. The molecular weight excluding hydrogens is 1220 g/mol. The van der Waals surface area contributed by atoms with Gasteiger partial charge in [0.05, 0.1) is 44.1 Å². The highest BCUT2D eigenvalue weighted by molar-refractivity contribution is 6.91. The van der Waals surface area contributed by atoms with E-state index in [-0.39, 0.29) is 12.6 Å². The van der Waals surface area contributed by atoms with Gasteiger partial charge in [0.1, 0.15) is 0 Å². The molecule has 0 N–H and O–H groups in total. The molecule has 0 amide bonds. The fourth-order valence-corrected chi connectivity index (χ4v) is 21.1. The van der Waals surface area contributed by atoms with Crippen LogP contribution in [0.5, 0.6) is 0 Å². The molecule has 4 nitrogen and oxygen atoms in total. The lowest BCUT2D eigenvalue weighted by atomic mass is 9.35. The quantitative estimate of drug-likeness (QED) is 0.142. The van der Waals surface area contributed by atoms with E-state index in [1.807, 2.05) is 0 Å². The molecule has 9 aromatic carbocycles. The summed E-state index contributed by atoms with van der Waals surface area (Å²) in [5, 5.41) is 10.1. The summed E-state index contributed by atoms with van der Waals surface area (Å²) >= 11 is 0. The second-order valence-corrected chi connectivity index (χ2v) is 30.1. The second kappa shape index (κ2) is 20.4. The van der Waals surface area contributed by atoms with Crippen LogP contribution in [0.4, 0.5) is 0 Å². The maximum atomic E-state index is 2.65. The third kappa shape index (κ3) is 7.65. The summed E-state index contributed by atoms with van der Waals surface area (Å²) in [5.74, 6) is 3.87. The minimum Gasteiger partial charge on any atom is -0.309 e. The Bertz CT molecular complexity index is 6590. The molecule has 0 fully saturated rings. The van der Waals surface area contributed by atoms with Crippen molar-refractivity contribution >= 4 is 123 Å². The fraction of sp³-hybridized carbons (Fsp3) is 0.104. The number of para-hydroxylation sites is 4. The van der Waals surface area contributed by atoms with E-state index in [0.717, 1.165) is 11.4 Å². The van der Waals surface area contributed by atoms with Crippen LogP contribution in [0, 0.1) is 53.3 Å². The number of benzene rings is 9. The molecule has 10 atom stereocenters. The van der Waals surface area contributed by atoms with Gasteiger partial charge in [-0.15, -0.1) is 0 Å². The van der Waals surface area contributed by atoms with Crippen LogP contribution < -0.4 is 10.9 Å². The van der Waals surface area contributed by atoms with Crippen LogP contribution in [0.25, 0.3) is 122 Å². The van der Waals surface area contributed by atoms with Crippen molar-refractivity contribution in [2.24, 2.45) is 53.3 Å². The number of hydrogen-bond acceptors (Lipinski definition) is 0. The van der Waals surface area contributed by atoms with Crippen LogP contribution in [0.1, 0.15) is 22.6 Å². The molecule has 10 unspecified atom stereocenters. The van der Waals surface area contributed by atoms with Gasteiger partial charge in [0.25, 0.3) is 0 Å². The van der Waals surface area contributed by atoms with E-state index in [0.29, 0.717) is 53.3 Å². The average Bonchev–Trinajstić information content (AvgIpc) is 1.68. The summed E-state index contributed by atoms with van der Waals surface area (Å²) in [6.07, 6.45) is 60.4. The van der Waals surface area contributed by atoms with Crippen LogP contribution in [0.3, 0.4) is 0 Å². The van der Waals surface area contributed by atoms with Crippen molar-refractivity contribution in [3.8, 4) is 17.1 Å². The highest BCUT2D eigenvalue weighted by Gasteiger charge is 2.45. The molecule has 0 saturated heterocycles. The summed E-state index contributed by atoms with van der Waals surface area (Å²) in [6.45, 7) is -0.111. The number of rotatable bonds is 7. The first-order valence-corrected chi connectivity index (χ1v) is 36.5. The van der Waals surface area contributed by atoms with Gasteiger partial charge in [-0.1, -0.05) is 259 Å². The highest BCUT2D eigenvalue weighted by atomic mass is 15.0. The van der Waals surface area contributed by atoms with Crippen molar-refractivity contribution in [3.05, 3.63) is 372 Å². The number of nitrogens with zero attached hydrogens (tertiary/aromatic N) is 4. The van der Waals surface area contributed by atoms with Crippen molar-refractivity contribution < 1.29 is 0 Å². The van der Waals surface area contributed by atoms with Crippen LogP contribution in [0.2, 0.25) is 0 Å². The van der Waals surface area contributed by atoms with Crippen molar-refractivity contribution in [1.29, 1.82) is 0 Å². The van der Waals surface area contributed by atoms with Crippen LogP contribution in [-0.4, -0.2) is 25.0 Å². The third-order valence-electron chi connectivity index (χ3n) is 25.2. The maximum absolute atomic E-state index is 2.65. The van der Waals surface area contributed by atoms with E-state index in [2.05, 4.69) is 352 Å². The third-order valence-corrected chi connectivity index (χ3v) is 25.2. The fourth-order valence-electron chi connectivity index (χ4n) is 21.1. The largest absolute Gasteiger partial charge is 0.309 e. The van der Waals surface area contributed by atoms with Gasteiger partial charge in [-0.05, 0) is 136 Å². The molecule has 472 valence electrons. The first-order chi connectivity index (χ1) is 50.0. The Kier molecular flexibility index (Phi) is 11.1. The van der Waals surface area contributed by atoms with Gasteiger partial charge in [-0.25, -0.2) is 0 Å². The zero-order valence-electron chi connectivity index (χ0n) is 55.4. The Morgan fingerprint density at radius 3 is 1.28 bits per heavy atom. The molecule has 13 aromatic rings. The molecule has 0 spiro atoms. The minimum absolute atomic E-state index is 0.111. The molecule has 24 rings (SSSR count). The van der Waals surface area contributed by atoms with Gasteiger partial charge in [-0.2, -0.15) is 0 Å². The number of fused-ring (bicyclic) bond motifs is 12. The van der Waals surface area contributed by atoms with Crippen LogP contribution in [0.15, 0.2) is 355 Å². The lowest BCUT2D eigenvalue weighted by Gasteiger charge is -2.45. The van der Waals surface area contributed by atoms with E-state index in [1.54, 1.807) is 0 Å². The molecule has 0 radical (unpaired) electrons. The molecule has 5 heteroatoms. The summed E-state index contributed by atoms with van der Waals surface area (Å²) in [5.41, 5.74) is 29.5.